The number of rotatable bonds is 5. The molecule has 1 rings (SSSR count). The van der Waals surface area contributed by atoms with Crippen molar-refractivity contribution >= 4 is 6.09 Å². The highest BCUT2D eigenvalue weighted by Crippen LogP contribution is 2.20. The van der Waals surface area contributed by atoms with Crippen LogP contribution in [0.15, 0.2) is 0 Å². The van der Waals surface area contributed by atoms with Crippen LogP contribution in [0.2, 0.25) is 0 Å². The zero-order chi connectivity index (χ0) is 15.2. The number of likely N-dealkylation sites (tertiary alicyclic amines) is 1. The molecule has 2 atom stereocenters. The predicted octanol–water partition coefficient (Wildman–Crippen LogP) is 2.14. The van der Waals surface area contributed by atoms with E-state index >= 15 is 0 Å². The summed E-state index contributed by atoms with van der Waals surface area (Å²) in [5, 5.41) is 12.6. The molecule has 0 aromatic rings. The number of piperidine rings is 1. The Morgan fingerprint density at radius 2 is 2.15 bits per heavy atom. The van der Waals surface area contributed by atoms with Gasteiger partial charge >= 0.3 is 6.09 Å². The molecule has 0 aromatic carbocycles. The fourth-order valence-corrected chi connectivity index (χ4v) is 2.41. The third-order valence-electron chi connectivity index (χ3n) is 3.61. The van der Waals surface area contributed by atoms with Crippen molar-refractivity contribution in [2.75, 3.05) is 19.7 Å². The van der Waals surface area contributed by atoms with E-state index in [1.165, 1.54) is 0 Å². The Bertz CT molecular complexity index is 298. The predicted molar refractivity (Wildman–Crippen MR) is 79.7 cm³/mol. The number of aliphatic hydroxyl groups excluding tert-OH is 1. The average molecular weight is 286 g/mol. The Kier molecular flexibility index (Phi) is 6.76. The van der Waals surface area contributed by atoms with E-state index in [0.29, 0.717) is 0 Å². The maximum absolute atomic E-state index is 12.2. The fourth-order valence-electron chi connectivity index (χ4n) is 2.41. The molecule has 0 aliphatic carbocycles. The van der Waals surface area contributed by atoms with Gasteiger partial charge in [0.2, 0.25) is 0 Å². The Balaban J connectivity index is 2.55. The third-order valence-corrected chi connectivity index (χ3v) is 3.61. The van der Waals surface area contributed by atoms with Crippen LogP contribution in [0, 0.1) is 0 Å². The molecular formula is C15H30N2O3. The summed E-state index contributed by atoms with van der Waals surface area (Å²) in [6, 6.07) is 0.275. The number of aliphatic hydroxyl groups is 1. The molecule has 118 valence electrons. The fraction of sp³-hybridized carbons (Fsp3) is 0.933. The van der Waals surface area contributed by atoms with E-state index in [9.17, 15) is 9.90 Å². The summed E-state index contributed by atoms with van der Waals surface area (Å²) in [5.41, 5.74) is -0.455. The van der Waals surface area contributed by atoms with Gasteiger partial charge in [0.05, 0.1) is 6.61 Å². The SMILES string of the molecule is CC[C@@H](CO)NCC1CCCCN1C(=O)OC(C)(C)C. The lowest BCUT2D eigenvalue weighted by Gasteiger charge is -2.37. The minimum absolute atomic E-state index is 0.109. The summed E-state index contributed by atoms with van der Waals surface area (Å²) < 4.78 is 5.48. The Labute approximate surface area is 122 Å². The molecule has 2 N–H and O–H groups in total. The summed E-state index contributed by atoms with van der Waals surface area (Å²) >= 11 is 0. The largest absolute Gasteiger partial charge is 0.444 e. The maximum Gasteiger partial charge on any atom is 0.410 e. The molecule has 0 bridgehead atoms. The van der Waals surface area contributed by atoms with Gasteiger partial charge in [-0.25, -0.2) is 4.79 Å². The van der Waals surface area contributed by atoms with Crippen molar-refractivity contribution in [3.63, 3.8) is 0 Å². The molecule has 20 heavy (non-hydrogen) atoms. The van der Waals surface area contributed by atoms with Gasteiger partial charge in [0.1, 0.15) is 5.60 Å². The number of hydrogen-bond donors (Lipinski definition) is 2. The number of hydrogen-bond acceptors (Lipinski definition) is 4. The van der Waals surface area contributed by atoms with Gasteiger partial charge in [-0.2, -0.15) is 0 Å². The van der Waals surface area contributed by atoms with E-state index < -0.39 is 5.60 Å². The zero-order valence-corrected chi connectivity index (χ0v) is 13.3. The summed E-state index contributed by atoms with van der Waals surface area (Å²) in [6.45, 7) is 9.33. The lowest BCUT2D eigenvalue weighted by Crippen LogP contribution is -2.51. The zero-order valence-electron chi connectivity index (χ0n) is 13.3. The van der Waals surface area contributed by atoms with Crippen molar-refractivity contribution in [2.24, 2.45) is 0 Å². The lowest BCUT2D eigenvalue weighted by atomic mass is 10.0. The second-order valence-electron chi connectivity index (χ2n) is 6.52. The second kappa shape index (κ2) is 7.84. The van der Waals surface area contributed by atoms with E-state index in [-0.39, 0.29) is 24.8 Å². The van der Waals surface area contributed by atoms with Crippen LogP contribution in [0.5, 0.6) is 0 Å². The number of amides is 1. The molecule has 1 saturated heterocycles. The van der Waals surface area contributed by atoms with Crippen LogP contribution >= 0.6 is 0 Å². The van der Waals surface area contributed by atoms with E-state index in [1.54, 1.807) is 0 Å². The molecule has 5 nitrogen and oxygen atoms in total. The number of nitrogens with zero attached hydrogens (tertiary/aromatic N) is 1. The normalized spacial score (nSPS) is 21.6. The molecule has 0 spiro atoms. The monoisotopic (exact) mass is 286 g/mol. The van der Waals surface area contributed by atoms with Crippen LogP contribution < -0.4 is 5.32 Å². The molecule has 1 unspecified atom stereocenters. The van der Waals surface area contributed by atoms with Crippen molar-refractivity contribution in [2.45, 2.75) is 71.1 Å². The van der Waals surface area contributed by atoms with Crippen molar-refractivity contribution in [1.29, 1.82) is 0 Å². The third kappa shape index (κ3) is 5.67. The van der Waals surface area contributed by atoms with Gasteiger partial charge in [0.25, 0.3) is 0 Å². The molecule has 0 aromatic heterocycles. The Hall–Kier alpha value is -0.810. The van der Waals surface area contributed by atoms with Gasteiger partial charge in [-0.05, 0) is 46.5 Å². The standard InChI is InChI=1S/C15H30N2O3/c1-5-12(11-18)16-10-13-8-6-7-9-17(13)14(19)20-15(2,3)4/h12-13,16,18H,5-11H2,1-4H3/t12-,13?/m0/s1. The number of ether oxygens (including phenoxy) is 1. The van der Waals surface area contributed by atoms with E-state index in [1.807, 2.05) is 32.6 Å². The minimum Gasteiger partial charge on any atom is -0.444 e. The van der Waals surface area contributed by atoms with Gasteiger partial charge in [-0.1, -0.05) is 6.92 Å². The highest BCUT2D eigenvalue weighted by Gasteiger charge is 2.30. The van der Waals surface area contributed by atoms with Crippen LogP contribution in [-0.2, 0) is 4.74 Å². The molecule has 5 heteroatoms. The second-order valence-corrected chi connectivity index (χ2v) is 6.52. The molecule has 1 aliphatic heterocycles. The Morgan fingerprint density at radius 1 is 1.45 bits per heavy atom. The number of carbonyl (C=O) groups is 1. The van der Waals surface area contributed by atoms with Gasteiger partial charge < -0.3 is 20.1 Å². The molecule has 1 aliphatic rings. The molecule has 1 fully saturated rings. The smallest absolute Gasteiger partial charge is 0.410 e. The van der Waals surface area contributed by atoms with Crippen molar-refractivity contribution in [1.82, 2.24) is 10.2 Å². The minimum atomic E-state index is -0.455. The van der Waals surface area contributed by atoms with Crippen LogP contribution in [0.1, 0.15) is 53.4 Å². The average Bonchev–Trinajstić information content (AvgIpc) is 2.38. The van der Waals surface area contributed by atoms with Crippen molar-refractivity contribution in [3.05, 3.63) is 0 Å². The van der Waals surface area contributed by atoms with Gasteiger partial charge in [-0.15, -0.1) is 0 Å². The van der Waals surface area contributed by atoms with Crippen molar-refractivity contribution < 1.29 is 14.6 Å². The van der Waals surface area contributed by atoms with E-state index in [2.05, 4.69) is 5.32 Å². The first-order valence-electron chi connectivity index (χ1n) is 7.71. The summed E-state index contributed by atoms with van der Waals surface area (Å²) in [5.74, 6) is 0. The van der Waals surface area contributed by atoms with Gasteiger partial charge in [-0.3, -0.25) is 0 Å². The summed E-state index contributed by atoms with van der Waals surface area (Å²) in [7, 11) is 0. The van der Waals surface area contributed by atoms with Crippen LogP contribution in [0.4, 0.5) is 4.79 Å². The van der Waals surface area contributed by atoms with Crippen LogP contribution in [-0.4, -0.2) is 53.5 Å². The number of nitrogens with one attached hydrogen (secondary N) is 1. The van der Waals surface area contributed by atoms with Gasteiger partial charge in [0, 0.05) is 25.2 Å². The molecule has 1 amide bonds. The first-order valence-corrected chi connectivity index (χ1v) is 7.71. The molecule has 0 saturated carbocycles. The topological polar surface area (TPSA) is 61.8 Å². The van der Waals surface area contributed by atoms with Crippen molar-refractivity contribution in [3.8, 4) is 0 Å². The van der Waals surface area contributed by atoms with Crippen LogP contribution in [0.3, 0.4) is 0 Å². The summed E-state index contributed by atoms with van der Waals surface area (Å²) in [4.78, 5) is 14.1. The highest BCUT2D eigenvalue weighted by molar-refractivity contribution is 5.68. The molecule has 1 heterocycles. The lowest BCUT2D eigenvalue weighted by molar-refractivity contribution is 0.00945. The highest BCUT2D eigenvalue weighted by atomic mass is 16.6. The Morgan fingerprint density at radius 3 is 2.70 bits per heavy atom. The maximum atomic E-state index is 12.2. The molecular weight excluding hydrogens is 256 g/mol. The first-order chi connectivity index (χ1) is 9.37. The van der Waals surface area contributed by atoms with E-state index in [4.69, 9.17) is 4.74 Å². The number of carbonyl (C=O) groups excluding carboxylic acids is 1. The van der Waals surface area contributed by atoms with Crippen LogP contribution in [0.25, 0.3) is 0 Å². The van der Waals surface area contributed by atoms with Gasteiger partial charge in [0.15, 0.2) is 0 Å². The quantitative estimate of drug-likeness (QED) is 0.813. The summed E-state index contributed by atoms with van der Waals surface area (Å²) in [6.07, 6.45) is 3.83. The first kappa shape index (κ1) is 17.2. The van der Waals surface area contributed by atoms with E-state index in [0.717, 1.165) is 38.8 Å². The molecule has 0 radical (unpaired) electrons.